The maximum absolute atomic E-state index is 10.3. The van der Waals surface area contributed by atoms with Crippen molar-refractivity contribution in [2.24, 2.45) is 58.2 Å². The zero-order chi connectivity index (χ0) is 22.4. The summed E-state index contributed by atoms with van der Waals surface area (Å²) < 4.78 is 0. The van der Waals surface area contributed by atoms with Gasteiger partial charge in [-0.2, -0.15) is 0 Å². The molecule has 4 aliphatic rings. The molecule has 4 aliphatic carbocycles. The standard InChI is InChI=1S/C30H52O/c1-7-8-22(20(2)3)10-9-21(4)26-13-14-27-25-12-11-23-19-24(31)15-17-29(23,5)28(25)16-18-30(26,27)6/h9-10,20-28,31H,7-8,11-19H2,1-6H3/t21-,22?,23+,24+,25+,26-,27+,28+,29+,30-/m1/s1. The molecule has 10 atom stereocenters. The molecule has 0 amide bonds. The first-order valence-electron chi connectivity index (χ1n) is 14.1. The lowest BCUT2D eigenvalue weighted by molar-refractivity contribution is -0.128. The molecule has 1 unspecified atom stereocenters. The molecular weight excluding hydrogens is 376 g/mol. The monoisotopic (exact) mass is 428 g/mol. The van der Waals surface area contributed by atoms with Crippen LogP contribution in [0, 0.1) is 58.2 Å². The summed E-state index contributed by atoms with van der Waals surface area (Å²) in [6.07, 6.45) is 19.9. The van der Waals surface area contributed by atoms with Crippen LogP contribution < -0.4 is 0 Å². The van der Waals surface area contributed by atoms with Gasteiger partial charge in [0.1, 0.15) is 0 Å². The average Bonchev–Trinajstić information content (AvgIpc) is 3.08. The molecule has 0 spiro atoms. The summed E-state index contributed by atoms with van der Waals surface area (Å²) in [6, 6.07) is 0. The van der Waals surface area contributed by atoms with Crippen LogP contribution in [0.15, 0.2) is 12.2 Å². The van der Waals surface area contributed by atoms with E-state index >= 15 is 0 Å². The van der Waals surface area contributed by atoms with Gasteiger partial charge in [0.15, 0.2) is 0 Å². The number of aliphatic hydroxyl groups excluding tert-OH is 1. The number of hydrogen-bond donors (Lipinski definition) is 1. The third kappa shape index (κ3) is 4.20. The number of aliphatic hydroxyl groups is 1. The van der Waals surface area contributed by atoms with Crippen LogP contribution >= 0.6 is 0 Å². The molecule has 0 saturated heterocycles. The summed E-state index contributed by atoms with van der Waals surface area (Å²) in [4.78, 5) is 0. The highest BCUT2D eigenvalue weighted by molar-refractivity contribution is 5.11. The van der Waals surface area contributed by atoms with Crippen molar-refractivity contribution in [2.45, 2.75) is 118 Å². The van der Waals surface area contributed by atoms with E-state index in [0.29, 0.717) is 10.8 Å². The van der Waals surface area contributed by atoms with Crippen molar-refractivity contribution in [3.8, 4) is 0 Å². The van der Waals surface area contributed by atoms with Crippen LogP contribution in [0.1, 0.15) is 112 Å². The fourth-order valence-corrected chi connectivity index (χ4v) is 9.58. The Kier molecular flexibility index (Phi) is 7.04. The zero-order valence-electron chi connectivity index (χ0n) is 21.6. The molecule has 1 nitrogen and oxygen atoms in total. The molecule has 0 aromatic carbocycles. The van der Waals surface area contributed by atoms with E-state index in [9.17, 15) is 5.11 Å². The molecule has 0 aliphatic heterocycles. The van der Waals surface area contributed by atoms with Gasteiger partial charge < -0.3 is 5.11 Å². The van der Waals surface area contributed by atoms with Crippen LogP contribution in [0.25, 0.3) is 0 Å². The van der Waals surface area contributed by atoms with E-state index in [4.69, 9.17) is 0 Å². The van der Waals surface area contributed by atoms with Crippen molar-refractivity contribution in [3.05, 3.63) is 12.2 Å². The Hall–Kier alpha value is -0.300. The van der Waals surface area contributed by atoms with Gasteiger partial charge in [-0.15, -0.1) is 0 Å². The van der Waals surface area contributed by atoms with Gasteiger partial charge in [-0.25, -0.2) is 0 Å². The Morgan fingerprint density at radius 2 is 1.58 bits per heavy atom. The van der Waals surface area contributed by atoms with Crippen LogP contribution in [0.3, 0.4) is 0 Å². The van der Waals surface area contributed by atoms with Gasteiger partial charge in [0, 0.05) is 0 Å². The Labute approximate surface area is 193 Å². The topological polar surface area (TPSA) is 20.2 Å². The molecule has 4 saturated carbocycles. The minimum Gasteiger partial charge on any atom is -0.393 e. The van der Waals surface area contributed by atoms with E-state index in [1.54, 1.807) is 0 Å². The SMILES string of the molecule is CCCC(C=C[C@@H](C)[C@H]1CC[C@H]2[C@@H]3CC[C@H]4C[C@@H](O)CC[C@]4(C)[C@H]3CC[C@]12C)C(C)C. The minimum absolute atomic E-state index is 0.0191. The van der Waals surface area contributed by atoms with E-state index in [-0.39, 0.29) is 6.10 Å². The zero-order valence-corrected chi connectivity index (χ0v) is 21.6. The third-order valence-corrected chi connectivity index (χ3v) is 11.5. The molecular formula is C30H52O. The average molecular weight is 429 g/mol. The number of allylic oxidation sites excluding steroid dienone is 2. The second-order valence-corrected chi connectivity index (χ2v) is 13.3. The largest absolute Gasteiger partial charge is 0.393 e. The van der Waals surface area contributed by atoms with Crippen LogP contribution in [-0.4, -0.2) is 11.2 Å². The number of hydrogen-bond acceptors (Lipinski definition) is 1. The van der Waals surface area contributed by atoms with E-state index < -0.39 is 0 Å². The first-order valence-corrected chi connectivity index (χ1v) is 14.1. The molecule has 0 aromatic heterocycles. The number of rotatable bonds is 6. The second-order valence-electron chi connectivity index (χ2n) is 13.3. The van der Waals surface area contributed by atoms with Gasteiger partial charge in [0.05, 0.1) is 6.10 Å². The highest BCUT2D eigenvalue weighted by atomic mass is 16.3. The van der Waals surface area contributed by atoms with E-state index in [0.717, 1.165) is 60.2 Å². The van der Waals surface area contributed by atoms with Gasteiger partial charge in [0.25, 0.3) is 0 Å². The van der Waals surface area contributed by atoms with Crippen molar-refractivity contribution in [2.75, 3.05) is 0 Å². The van der Waals surface area contributed by atoms with Gasteiger partial charge in [-0.05, 0) is 122 Å². The first kappa shape index (κ1) is 23.8. The molecule has 178 valence electrons. The van der Waals surface area contributed by atoms with Crippen molar-refractivity contribution in [1.82, 2.24) is 0 Å². The fourth-order valence-electron chi connectivity index (χ4n) is 9.58. The van der Waals surface area contributed by atoms with E-state index in [1.165, 1.54) is 57.8 Å². The normalized spacial score (nSPS) is 47.1. The summed E-state index contributed by atoms with van der Waals surface area (Å²) in [5.41, 5.74) is 1.07. The van der Waals surface area contributed by atoms with Crippen LogP contribution in [-0.2, 0) is 0 Å². The molecule has 1 N–H and O–H groups in total. The molecule has 4 fully saturated rings. The maximum Gasteiger partial charge on any atom is 0.0543 e. The smallest absolute Gasteiger partial charge is 0.0543 e. The summed E-state index contributed by atoms with van der Waals surface area (Å²) in [7, 11) is 0. The third-order valence-electron chi connectivity index (χ3n) is 11.5. The maximum atomic E-state index is 10.3. The summed E-state index contributed by atoms with van der Waals surface area (Å²) >= 11 is 0. The highest BCUT2D eigenvalue weighted by Gasteiger charge is 2.60. The summed E-state index contributed by atoms with van der Waals surface area (Å²) in [5, 5.41) is 10.3. The number of fused-ring (bicyclic) bond motifs is 5. The molecule has 0 aromatic rings. The Morgan fingerprint density at radius 3 is 2.29 bits per heavy atom. The van der Waals surface area contributed by atoms with Crippen LogP contribution in [0.5, 0.6) is 0 Å². The van der Waals surface area contributed by atoms with E-state index in [2.05, 4.69) is 53.7 Å². The molecule has 1 heteroatoms. The quantitative estimate of drug-likeness (QED) is 0.422. The van der Waals surface area contributed by atoms with Crippen LogP contribution in [0.2, 0.25) is 0 Å². The predicted molar refractivity (Wildman–Crippen MR) is 133 cm³/mol. The Morgan fingerprint density at radius 1 is 0.871 bits per heavy atom. The minimum atomic E-state index is -0.0191. The fraction of sp³-hybridized carbons (Fsp3) is 0.933. The molecule has 31 heavy (non-hydrogen) atoms. The van der Waals surface area contributed by atoms with Crippen molar-refractivity contribution < 1.29 is 5.11 Å². The molecule has 0 heterocycles. The van der Waals surface area contributed by atoms with Crippen molar-refractivity contribution >= 4 is 0 Å². The van der Waals surface area contributed by atoms with Gasteiger partial charge in [0.2, 0.25) is 0 Å². The highest BCUT2D eigenvalue weighted by Crippen LogP contribution is 2.68. The summed E-state index contributed by atoms with van der Waals surface area (Å²) in [6.45, 7) is 15.0. The predicted octanol–water partition coefficient (Wildman–Crippen LogP) is 8.27. The van der Waals surface area contributed by atoms with Gasteiger partial charge in [-0.1, -0.05) is 60.1 Å². The second kappa shape index (κ2) is 9.15. The lowest BCUT2D eigenvalue weighted by Crippen LogP contribution is -2.54. The molecule has 0 bridgehead atoms. The van der Waals surface area contributed by atoms with Crippen molar-refractivity contribution in [1.29, 1.82) is 0 Å². The van der Waals surface area contributed by atoms with E-state index in [1.807, 2.05) is 0 Å². The van der Waals surface area contributed by atoms with Gasteiger partial charge in [-0.3, -0.25) is 0 Å². The lowest BCUT2D eigenvalue weighted by atomic mass is 9.44. The first-order chi connectivity index (χ1) is 14.7. The molecule has 0 radical (unpaired) electrons. The lowest BCUT2D eigenvalue weighted by Gasteiger charge is -2.61. The summed E-state index contributed by atoms with van der Waals surface area (Å²) in [5.74, 6) is 6.74. The Bertz CT molecular complexity index is 636. The van der Waals surface area contributed by atoms with Crippen molar-refractivity contribution in [3.63, 3.8) is 0 Å². The van der Waals surface area contributed by atoms with Gasteiger partial charge >= 0.3 is 0 Å². The molecule has 4 rings (SSSR count). The Balaban J connectivity index is 1.48. The van der Waals surface area contributed by atoms with Crippen LogP contribution in [0.4, 0.5) is 0 Å².